The predicted octanol–water partition coefficient (Wildman–Crippen LogP) is 2.96. The zero-order valence-electron chi connectivity index (χ0n) is 13.1. The fourth-order valence-corrected chi connectivity index (χ4v) is 1.59. The van der Waals surface area contributed by atoms with Gasteiger partial charge in [-0.25, -0.2) is 0 Å². The molecule has 1 atom stereocenters. The maximum atomic E-state index is 5.67. The topological polar surface area (TPSA) is 15.7 Å². The first-order valence-electron chi connectivity index (χ1n) is 6.52. The van der Waals surface area contributed by atoms with Crippen LogP contribution in [-0.4, -0.2) is 57.2 Å². The van der Waals surface area contributed by atoms with Gasteiger partial charge < -0.3 is 14.5 Å². The fraction of sp³-hybridized carbons (Fsp3) is 0.600. The molecule has 1 aromatic rings. The van der Waals surface area contributed by atoms with Crippen molar-refractivity contribution in [1.82, 2.24) is 9.80 Å². The Kier molecular flexibility index (Phi) is 12.2. The smallest absolute Gasteiger partial charge is 0.119 e. The lowest BCUT2D eigenvalue weighted by atomic mass is 10.1. The number of ether oxygens (including phenoxy) is 1. The van der Waals surface area contributed by atoms with Crippen LogP contribution in [0.25, 0.3) is 0 Å². The second-order valence-electron chi connectivity index (χ2n) is 5.31. The van der Waals surface area contributed by atoms with Gasteiger partial charge in [0.05, 0.1) is 0 Å². The highest BCUT2D eigenvalue weighted by atomic mass is 35.5. The molecule has 0 aliphatic carbocycles. The molecule has 118 valence electrons. The molecule has 0 spiro atoms. The summed E-state index contributed by atoms with van der Waals surface area (Å²) in [6.45, 7) is 3.92. The molecule has 0 radical (unpaired) electrons. The zero-order chi connectivity index (χ0) is 13.5. The van der Waals surface area contributed by atoms with Gasteiger partial charge in [-0.15, -0.1) is 24.8 Å². The molecule has 20 heavy (non-hydrogen) atoms. The van der Waals surface area contributed by atoms with Crippen LogP contribution in [0.2, 0.25) is 0 Å². The number of hydrogen-bond acceptors (Lipinski definition) is 3. The van der Waals surface area contributed by atoms with Crippen LogP contribution in [0.4, 0.5) is 0 Å². The number of benzene rings is 1. The summed E-state index contributed by atoms with van der Waals surface area (Å²) < 4.78 is 5.67. The lowest BCUT2D eigenvalue weighted by molar-refractivity contribution is 0.261. The standard InChI is InChI=1S/C15H26N2O.2ClH/c1-13(17(4)5)12-14-6-8-15(9-7-14)18-11-10-16(2)3;;/h6-9,13H,10-12H2,1-5H3;2*1H. The average Bonchev–Trinajstić information content (AvgIpc) is 2.30. The van der Waals surface area contributed by atoms with Crippen molar-refractivity contribution in [2.75, 3.05) is 41.3 Å². The van der Waals surface area contributed by atoms with E-state index in [1.54, 1.807) is 0 Å². The monoisotopic (exact) mass is 322 g/mol. The largest absolute Gasteiger partial charge is 0.492 e. The molecule has 1 unspecified atom stereocenters. The lowest BCUT2D eigenvalue weighted by Gasteiger charge is -2.19. The van der Waals surface area contributed by atoms with Crippen molar-refractivity contribution in [3.63, 3.8) is 0 Å². The van der Waals surface area contributed by atoms with Crippen LogP contribution in [-0.2, 0) is 6.42 Å². The molecular formula is C15H28Cl2N2O. The van der Waals surface area contributed by atoms with Crippen LogP contribution in [0.3, 0.4) is 0 Å². The number of rotatable bonds is 7. The van der Waals surface area contributed by atoms with Gasteiger partial charge in [0.15, 0.2) is 0 Å². The summed E-state index contributed by atoms with van der Waals surface area (Å²) in [6, 6.07) is 9.00. The van der Waals surface area contributed by atoms with Crippen LogP contribution < -0.4 is 4.74 Å². The van der Waals surface area contributed by atoms with E-state index in [0.29, 0.717) is 6.04 Å². The molecule has 0 amide bonds. The Morgan fingerprint density at radius 1 is 1.00 bits per heavy atom. The molecule has 0 heterocycles. The molecule has 0 aromatic heterocycles. The summed E-state index contributed by atoms with van der Waals surface area (Å²) in [6.07, 6.45) is 1.07. The zero-order valence-corrected chi connectivity index (χ0v) is 14.8. The van der Waals surface area contributed by atoms with Crippen LogP contribution in [0.15, 0.2) is 24.3 Å². The van der Waals surface area contributed by atoms with Crippen LogP contribution in [0.5, 0.6) is 5.75 Å². The molecule has 5 heteroatoms. The molecular weight excluding hydrogens is 295 g/mol. The third-order valence-corrected chi connectivity index (χ3v) is 3.14. The fourth-order valence-electron chi connectivity index (χ4n) is 1.59. The van der Waals surface area contributed by atoms with Gasteiger partial charge in [0, 0.05) is 12.6 Å². The van der Waals surface area contributed by atoms with E-state index in [4.69, 9.17) is 4.74 Å². The molecule has 0 aliphatic rings. The predicted molar refractivity (Wildman–Crippen MR) is 91.8 cm³/mol. The number of nitrogens with zero attached hydrogens (tertiary/aromatic N) is 2. The second-order valence-corrected chi connectivity index (χ2v) is 5.31. The first kappa shape index (κ1) is 21.8. The minimum absolute atomic E-state index is 0. The van der Waals surface area contributed by atoms with Gasteiger partial charge >= 0.3 is 0 Å². The van der Waals surface area contributed by atoms with Crippen molar-refractivity contribution in [2.24, 2.45) is 0 Å². The van der Waals surface area contributed by atoms with Crippen molar-refractivity contribution in [3.8, 4) is 5.75 Å². The van der Waals surface area contributed by atoms with Crippen LogP contribution >= 0.6 is 24.8 Å². The average molecular weight is 323 g/mol. The first-order valence-corrected chi connectivity index (χ1v) is 6.52. The molecule has 0 saturated heterocycles. The highest BCUT2D eigenvalue weighted by Gasteiger charge is 2.05. The Hall–Kier alpha value is -0.480. The van der Waals surface area contributed by atoms with E-state index in [1.807, 2.05) is 0 Å². The molecule has 1 aromatic carbocycles. The van der Waals surface area contributed by atoms with E-state index in [1.165, 1.54) is 5.56 Å². The van der Waals surface area contributed by atoms with Crippen molar-refractivity contribution >= 4 is 24.8 Å². The minimum Gasteiger partial charge on any atom is -0.492 e. The molecule has 0 fully saturated rings. The number of likely N-dealkylation sites (N-methyl/N-ethyl adjacent to an activating group) is 2. The summed E-state index contributed by atoms with van der Waals surface area (Å²) in [5, 5.41) is 0. The van der Waals surface area contributed by atoms with Crippen LogP contribution in [0.1, 0.15) is 12.5 Å². The summed E-state index contributed by atoms with van der Waals surface area (Å²) in [5.41, 5.74) is 1.36. The molecule has 3 nitrogen and oxygen atoms in total. The van der Waals surface area contributed by atoms with Crippen molar-refractivity contribution in [2.45, 2.75) is 19.4 Å². The lowest BCUT2D eigenvalue weighted by Crippen LogP contribution is -2.26. The van der Waals surface area contributed by atoms with E-state index in [9.17, 15) is 0 Å². The van der Waals surface area contributed by atoms with Gasteiger partial charge in [-0.2, -0.15) is 0 Å². The maximum absolute atomic E-state index is 5.67. The quantitative estimate of drug-likeness (QED) is 0.767. The van der Waals surface area contributed by atoms with Gasteiger partial charge in [-0.1, -0.05) is 12.1 Å². The van der Waals surface area contributed by atoms with Gasteiger partial charge in [0.2, 0.25) is 0 Å². The highest BCUT2D eigenvalue weighted by molar-refractivity contribution is 5.85. The molecule has 0 aliphatic heterocycles. The Morgan fingerprint density at radius 2 is 1.55 bits per heavy atom. The first-order chi connectivity index (χ1) is 8.49. The van der Waals surface area contributed by atoms with Crippen molar-refractivity contribution in [3.05, 3.63) is 29.8 Å². The third-order valence-electron chi connectivity index (χ3n) is 3.14. The van der Waals surface area contributed by atoms with Crippen LogP contribution in [0, 0.1) is 0 Å². The number of hydrogen-bond donors (Lipinski definition) is 0. The van der Waals surface area contributed by atoms with E-state index < -0.39 is 0 Å². The summed E-state index contributed by atoms with van der Waals surface area (Å²) >= 11 is 0. The molecule has 0 saturated carbocycles. The van der Waals surface area contributed by atoms with E-state index in [2.05, 4.69) is 69.2 Å². The maximum Gasteiger partial charge on any atom is 0.119 e. The normalized spacial score (nSPS) is 11.8. The Labute approximate surface area is 136 Å². The molecule has 0 bridgehead atoms. The molecule has 1 rings (SSSR count). The minimum atomic E-state index is 0. The molecule has 0 N–H and O–H groups in total. The van der Waals surface area contributed by atoms with E-state index in [0.717, 1.165) is 25.3 Å². The van der Waals surface area contributed by atoms with E-state index >= 15 is 0 Å². The SMILES string of the molecule is CC(Cc1ccc(OCCN(C)C)cc1)N(C)C.Cl.Cl. The van der Waals surface area contributed by atoms with Crippen molar-refractivity contribution in [1.29, 1.82) is 0 Å². The van der Waals surface area contributed by atoms with Crippen molar-refractivity contribution < 1.29 is 4.74 Å². The summed E-state index contributed by atoms with van der Waals surface area (Å²) in [7, 11) is 8.33. The Morgan fingerprint density at radius 3 is 2.00 bits per heavy atom. The second kappa shape index (κ2) is 11.2. The van der Waals surface area contributed by atoms with Gasteiger partial charge in [-0.05, 0) is 59.2 Å². The van der Waals surface area contributed by atoms with E-state index in [-0.39, 0.29) is 24.8 Å². The van der Waals surface area contributed by atoms with Gasteiger partial charge in [0.25, 0.3) is 0 Å². The Bertz CT molecular complexity index is 342. The third kappa shape index (κ3) is 8.64. The van der Waals surface area contributed by atoms with Gasteiger partial charge in [0.1, 0.15) is 12.4 Å². The Balaban J connectivity index is 0. The highest BCUT2D eigenvalue weighted by Crippen LogP contribution is 2.14. The summed E-state index contributed by atoms with van der Waals surface area (Å²) in [5.74, 6) is 0.957. The summed E-state index contributed by atoms with van der Waals surface area (Å²) in [4.78, 5) is 4.36. The van der Waals surface area contributed by atoms with Gasteiger partial charge in [-0.3, -0.25) is 0 Å². The number of halogens is 2.